The van der Waals surface area contributed by atoms with Crippen molar-refractivity contribution in [1.29, 1.82) is 0 Å². The van der Waals surface area contributed by atoms with Gasteiger partial charge in [0, 0.05) is 32.7 Å². The first kappa shape index (κ1) is 27.3. The van der Waals surface area contributed by atoms with Crippen LogP contribution in [0, 0.1) is 0 Å². The Labute approximate surface area is 218 Å². The quantitative estimate of drug-likeness (QED) is 0.324. The van der Waals surface area contributed by atoms with E-state index in [1.54, 1.807) is 18.1 Å². The molecule has 1 fully saturated rings. The van der Waals surface area contributed by atoms with Crippen LogP contribution >= 0.6 is 23.2 Å². The fourth-order valence-electron chi connectivity index (χ4n) is 4.39. The van der Waals surface area contributed by atoms with Gasteiger partial charge in [0.25, 0.3) is 0 Å². The molecular weight excluding hydrogens is 487 g/mol. The lowest BCUT2D eigenvalue weighted by molar-refractivity contribution is -0.140. The number of ether oxygens (including phenoxy) is 2. The summed E-state index contributed by atoms with van der Waals surface area (Å²) in [5.74, 6) is -0.0135. The maximum absolute atomic E-state index is 13.1. The number of nitrogens with zero attached hydrogens (tertiary/aromatic N) is 2. The van der Waals surface area contributed by atoms with Gasteiger partial charge < -0.3 is 19.3 Å². The van der Waals surface area contributed by atoms with Gasteiger partial charge in [-0.15, -0.1) is 0 Å². The molecule has 0 saturated heterocycles. The summed E-state index contributed by atoms with van der Waals surface area (Å²) < 4.78 is 10.9. The molecule has 0 heterocycles. The van der Waals surface area contributed by atoms with Crippen molar-refractivity contribution in [3.63, 3.8) is 0 Å². The fraction of sp³-hybridized carbons (Fsp3) is 0.481. The molecule has 6 nitrogen and oxygen atoms in total. The zero-order chi connectivity index (χ0) is 25.0. The Morgan fingerprint density at radius 3 is 2.43 bits per heavy atom. The third-order valence-electron chi connectivity index (χ3n) is 6.35. The van der Waals surface area contributed by atoms with Crippen LogP contribution in [0.4, 0.5) is 4.79 Å². The highest BCUT2D eigenvalue weighted by molar-refractivity contribution is 6.42. The van der Waals surface area contributed by atoms with Gasteiger partial charge in [0.1, 0.15) is 13.3 Å². The number of hydrogen-bond donors (Lipinski definition) is 0. The molecule has 2 amide bonds. The number of benzene rings is 2. The second kappa shape index (κ2) is 14.3. The summed E-state index contributed by atoms with van der Waals surface area (Å²) in [5, 5.41) is 0.951. The Kier molecular flexibility index (Phi) is 11.2. The molecule has 2 aromatic rings. The average molecular weight is 521 g/mol. The lowest BCUT2D eigenvalue weighted by Crippen LogP contribution is -2.44. The Balaban J connectivity index is 1.65. The van der Waals surface area contributed by atoms with Crippen LogP contribution < -0.4 is 0 Å². The molecule has 1 aliphatic rings. The van der Waals surface area contributed by atoms with Crippen molar-refractivity contribution in [2.24, 2.45) is 0 Å². The minimum atomic E-state index is -0.462. The van der Waals surface area contributed by atoms with Crippen LogP contribution in [0.25, 0.3) is 0 Å². The van der Waals surface area contributed by atoms with E-state index in [0.717, 1.165) is 36.8 Å². The average Bonchev–Trinajstić information content (AvgIpc) is 2.89. The smallest absolute Gasteiger partial charge is 0.410 e. The van der Waals surface area contributed by atoms with Crippen molar-refractivity contribution in [3.8, 4) is 0 Å². The number of amides is 2. The first-order valence-electron chi connectivity index (χ1n) is 12.2. The van der Waals surface area contributed by atoms with Crippen LogP contribution in [0.3, 0.4) is 0 Å². The van der Waals surface area contributed by atoms with Crippen LogP contribution in [0.15, 0.2) is 48.5 Å². The molecule has 0 radical (unpaired) electrons. The van der Waals surface area contributed by atoms with E-state index < -0.39 is 6.09 Å². The minimum absolute atomic E-state index is 0.0135. The van der Waals surface area contributed by atoms with E-state index in [9.17, 15) is 9.59 Å². The van der Waals surface area contributed by atoms with Gasteiger partial charge >= 0.3 is 6.09 Å². The number of hydrogen-bond acceptors (Lipinski definition) is 4. The monoisotopic (exact) mass is 520 g/mol. The lowest BCUT2D eigenvalue weighted by Gasteiger charge is -2.34. The van der Waals surface area contributed by atoms with Crippen molar-refractivity contribution in [2.75, 3.05) is 26.9 Å². The molecule has 0 spiro atoms. The number of methoxy groups -OCH3 is 1. The maximum Gasteiger partial charge on any atom is 0.410 e. The third-order valence-corrected chi connectivity index (χ3v) is 7.20. The van der Waals surface area contributed by atoms with Crippen molar-refractivity contribution in [1.82, 2.24) is 9.80 Å². The molecule has 0 aliphatic heterocycles. The first-order chi connectivity index (χ1) is 17.0. The standard InChI is InChI=1S/C27H34Cl2N2O4/c1-34-20-31(23-12-6-3-7-13-23)25(32)16-18-30(17-15-22-11-8-14-24(28)26(22)29)27(33)35-19-21-9-4-2-5-10-21/h2,4-5,8-11,14,23H,3,6-7,12-13,15-20H2,1H3. The van der Waals surface area contributed by atoms with Crippen LogP contribution in [-0.4, -0.2) is 54.8 Å². The summed E-state index contributed by atoms with van der Waals surface area (Å²) in [7, 11) is 1.60. The molecule has 35 heavy (non-hydrogen) atoms. The molecule has 0 unspecified atom stereocenters. The highest BCUT2D eigenvalue weighted by Gasteiger charge is 2.26. The summed E-state index contributed by atoms with van der Waals surface area (Å²) in [6, 6.07) is 15.2. The lowest BCUT2D eigenvalue weighted by atomic mass is 9.94. The van der Waals surface area contributed by atoms with Crippen LogP contribution in [0.5, 0.6) is 0 Å². The van der Waals surface area contributed by atoms with E-state index in [0.29, 0.717) is 23.0 Å². The summed E-state index contributed by atoms with van der Waals surface area (Å²) >= 11 is 12.5. The topological polar surface area (TPSA) is 59.1 Å². The van der Waals surface area contributed by atoms with E-state index in [1.165, 1.54) is 6.42 Å². The van der Waals surface area contributed by atoms with Gasteiger partial charge in [-0.3, -0.25) is 4.79 Å². The maximum atomic E-state index is 13.1. The third kappa shape index (κ3) is 8.41. The van der Waals surface area contributed by atoms with Gasteiger partial charge in [0.05, 0.1) is 10.0 Å². The normalized spacial score (nSPS) is 13.9. The predicted molar refractivity (Wildman–Crippen MR) is 139 cm³/mol. The fourth-order valence-corrected chi connectivity index (χ4v) is 4.80. The van der Waals surface area contributed by atoms with Gasteiger partial charge in [-0.25, -0.2) is 4.79 Å². The predicted octanol–water partition coefficient (Wildman–Crippen LogP) is 6.33. The Hall–Kier alpha value is -2.28. The molecule has 3 rings (SSSR count). The largest absolute Gasteiger partial charge is 0.445 e. The number of halogens is 2. The molecule has 0 N–H and O–H groups in total. The van der Waals surface area contributed by atoms with Gasteiger partial charge in [-0.05, 0) is 36.5 Å². The van der Waals surface area contributed by atoms with Crippen LogP contribution in [0.1, 0.15) is 49.7 Å². The molecule has 2 aromatic carbocycles. The second-order valence-electron chi connectivity index (χ2n) is 8.81. The Bertz CT molecular complexity index is 951. The molecule has 190 valence electrons. The van der Waals surface area contributed by atoms with Crippen molar-refractivity contribution in [3.05, 3.63) is 69.7 Å². The van der Waals surface area contributed by atoms with Crippen LogP contribution in [0.2, 0.25) is 10.0 Å². The summed E-state index contributed by atoms with van der Waals surface area (Å²) in [6.07, 6.45) is 5.67. The number of rotatable bonds is 11. The van der Waals surface area contributed by atoms with E-state index in [-0.39, 0.29) is 38.3 Å². The molecule has 1 aliphatic carbocycles. The highest BCUT2D eigenvalue weighted by Crippen LogP contribution is 2.26. The molecule has 0 bridgehead atoms. The van der Waals surface area contributed by atoms with Crippen molar-refractivity contribution >= 4 is 35.2 Å². The van der Waals surface area contributed by atoms with E-state index >= 15 is 0 Å². The number of carbonyl (C=O) groups excluding carboxylic acids is 2. The van der Waals surface area contributed by atoms with Crippen molar-refractivity contribution < 1.29 is 19.1 Å². The Morgan fingerprint density at radius 1 is 0.971 bits per heavy atom. The summed E-state index contributed by atoms with van der Waals surface area (Å²) in [6.45, 7) is 1.03. The van der Waals surface area contributed by atoms with Crippen LogP contribution in [-0.2, 0) is 27.3 Å². The zero-order valence-electron chi connectivity index (χ0n) is 20.3. The molecule has 0 atom stereocenters. The van der Waals surface area contributed by atoms with Gasteiger partial charge in [-0.1, -0.05) is 84.9 Å². The van der Waals surface area contributed by atoms with Gasteiger partial charge in [-0.2, -0.15) is 0 Å². The molecule has 0 aromatic heterocycles. The van der Waals surface area contributed by atoms with E-state index in [4.69, 9.17) is 32.7 Å². The van der Waals surface area contributed by atoms with E-state index in [1.807, 2.05) is 47.4 Å². The van der Waals surface area contributed by atoms with Gasteiger partial charge in [0.2, 0.25) is 5.91 Å². The first-order valence-corrected chi connectivity index (χ1v) is 12.9. The second-order valence-corrected chi connectivity index (χ2v) is 9.60. The molecule has 8 heteroatoms. The molecule has 1 saturated carbocycles. The Morgan fingerprint density at radius 2 is 1.71 bits per heavy atom. The number of carbonyl (C=O) groups is 2. The highest BCUT2D eigenvalue weighted by atomic mass is 35.5. The minimum Gasteiger partial charge on any atom is -0.445 e. The zero-order valence-corrected chi connectivity index (χ0v) is 21.8. The van der Waals surface area contributed by atoms with E-state index in [2.05, 4.69) is 0 Å². The summed E-state index contributed by atoms with van der Waals surface area (Å²) in [5.41, 5.74) is 1.74. The van der Waals surface area contributed by atoms with Crippen molar-refractivity contribution in [2.45, 2.75) is 57.6 Å². The SMILES string of the molecule is COCN(C(=O)CCN(CCc1cccc(Cl)c1Cl)C(=O)OCc1ccccc1)C1CCCCC1. The van der Waals surface area contributed by atoms with Gasteiger partial charge in [0.15, 0.2) is 0 Å². The summed E-state index contributed by atoms with van der Waals surface area (Å²) in [4.78, 5) is 29.5. The molecular formula is C27H34Cl2N2O4.